The number of nitrogens with zero attached hydrogens (tertiary/aromatic N) is 2. The van der Waals surface area contributed by atoms with E-state index in [0.29, 0.717) is 23.6 Å². The monoisotopic (exact) mass is 457 g/mol. The van der Waals surface area contributed by atoms with Crippen LogP contribution in [0.5, 0.6) is 11.5 Å². The van der Waals surface area contributed by atoms with Crippen molar-refractivity contribution in [3.63, 3.8) is 0 Å². The summed E-state index contributed by atoms with van der Waals surface area (Å²) in [6.07, 6.45) is 1.40. The molecule has 0 atom stereocenters. The number of amides is 1. The van der Waals surface area contributed by atoms with Crippen LogP contribution in [0, 0.1) is 21.4 Å². The molecule has 0 aromatic heterocycles. The number of nitro groups is 1. The Morgan fingerprint density at radius 1 is 1.06 bits per heavy atom. The second-order valence-electron chi connectivity index (χ2n) is 6.85. The topological polar surface area (TPSA) is 132 Å². The van der Waals surface area contributed by atoms with Gasteiger partial charge in [-0.2, -0.15) is 5.26 Å². The minimum Gasteiger partial charge on any atom is -0.494 e. The number of hydrogen-bond donors (Lipinski definition) is 1. The average Bonchev–Trinajstić information content (AvgIpc) is 2.84. The fraction of sp³-hybridized carbons (Fsp3) is 0.0800. The third-order valence-electron chi connectivity index (χ3n) is 4.46. The first-order valence-electron chi connectivity index (χ1n) is 10.1. The van der Waals surface area contributed by atoms with Gasteiger partial charge in [0.1, 0.15) is 23.1 Å². The van der Waals surface area contributed by atoms with Gasteiger partial charge < -0.3 is 14.8 Å². The van der Waals surface area contributed by atoms with Crippen molar-refractivity contribution in [1.29, 1.82) is 5.26 Å². The normalized spacial score (nSPS) is 10.6. The lowest BCUT2D eigenvalue weighted by atomic mass is 10.1. The van der Waals surface area contributed by atoms with Crippen molar-refractivity contribution in [2.75, 3.05) is 11.9 Å². The van der Waals surface area contributed by atoms with Gasteiger partial charge in [-0.3, -0.25) is 14.9 Å². The van der Waals surface area contributed by atoms with E-state index >= 15 is 0 Å². The number of carbonyl (C=O) groups excluding carboxylic acids is 2. The van der Waals surface area contributed by atoms with E-state index in [-0.39, 0.29) is 22.6 Å². The van der Waals surface area contributed by atoms with Gasteiger partial charge in [0.2, 0.25) is 0 Å². The molecule has 170 valence electrons. The SMILES string of the molecule is CCOc1cccc(NC(=O)/C(C#N)=C/c2ccc(OC(=O)c3cccc([N+](=O)[O-])c3)cc2)c1. The van der Waals surface area contributed by atoms with Gasteiger partial charge in [-0.1, -0.05) is 24.3 Å². The van der Waals surface area contributed by atoms with Gasteiger partial charge in [0, 0.05) is 23.9 Å². The highest BCUT2D eigenvalue weighted by molar-refractivity contribution is 6.09. The number of nitro benzene ring substituents is 1. The number of benzene rings is 3. The van der Waals surface area contributed by atoms with Crippen LogP contribution in [-0.4, -0.2) is 23.4 Å². The molecule has 34 heavy (non-hydrogen) atoms. The highest BCUT2D eigenvalue weighted by Crippen LogP contribution is 2.20. The van der Waals surface area contributed by atoms with Crippen molar-refractivity contribution in [3.8, 4) is 17.6 Å². The van der Waals surface area contributed by atoms with Crippen LogP contribution < -0.4 is 14.8 Å². The van der Waals surface area contributed by atoms with E-state index in [0.717, 1.165) is 6.07 Å². The first-order valence-corrected chi connectivity index (χ1v) is 10.1. The molecule has 1 N–H and O–H groups in total. The molecule has 3 aromatic carbocycles. The Labute approximate surface area is 195 Å². The van der Waals surface area contributed by atoms with E-state index in [1.165, 1.54) is 36.4 Å². The van der Waals surface area contributed by atoms with E-state index in [4.69, 9.17) is 9.47 Å². The molecule has 0 aliphatic heterocycles. The lowest BCUT2D eigenvalue weighted by molar-refractivity contribution is -0.384. The Bertz CT molecular complexity index is 1290. The van der Waals surface area contributed by atoms with Crippen molar-refractivity contribution < 1.29 is 24.0 Å². The quantitative estimate of drug-likeness (QED) is 0.129. The molecule has 0 bridgehead atoms. The second-order valence-corrected chi connectivity index (χ2v) is 6.85. The minimum absolute atomic E-state index is 0.0371. The Kier molecular flexibility index (Phi) is 7.71. The van der Waals surface area contributed by atoms with Crippen molar-refractivity contribution in [2.24, 2.45) is 0 Å². The number of carbonyl (C=O) groups is 2. The van der Waals surface area contributed by atoms with Crippen LogP contribution >= 0.6 is 0 Å². The summed E-state index contributed by atoms with van der Waals surface area (Å²) >= 11 is 0. The molecule has 3 aromatic rings. The second kappa shape index (κ2) is 11.1. The van der Waals surface area contributed by atoms with E-state index in [1.807, 2.05) is 13.0 Å². The molecular formula is C25H19N3O6. The molecule has 0 unspecified atom stereocenters. The molecule has 0 radical (unpaired) electrons. The van der Waals surface area contributed by atoms with Gasteiger partial charge in [0.05, 0.1) is 17.1 Å². The maximum Gasteiger partial charge on any atom is 0.343 e. The predicted molar refractivity (Wildman–Crippen MR) is 124 cm³/mol. The molecule has 0 heterocycles. The van der Waals surface area contributed by atoms with Gasteiger partial charge in [-0.25, -0.2) is 4.79 Å². The summed E-state index contributed by atoms with van der Waals surface area (Å²) in [4.78, 5) is 35.0. The molecule has 0 aliphatic rings. The highest BCUT2D eigenvalue weighted by atomic mass is 16.6. The van der Waals surface area contributed by atoms with Crippen LogP contribution in [0.25, 0.3) is 6.08 Å². The molecule has 1 amide bonds. The number of non-ortho nitro benzene ring substituents is 1. The van der Waals surface area contributed by atoms with Crippen LogP contribution in [0.2, 0.25) is 0 Å². The van der Waals surface area contributed by atoms with Gasteiger partial charge in [0.15, 0.2) is 0 Å². The summed E-state index contributed by atoms with van der Waals surface area (Å²) in [6.45, 7) is 2.33. The summed E-state index contributed by atoms with van der Waals surface area (Å²) < 4.78 is 10.6. The van der Waals surface area contributed by atoms with Crippen LogP contribution in [0.3, 0.4) is 0 Å². The summed E-state index contributed by atoms with van der Waals surface area (Å²) in [5.74, 6) is -0.543. The van der Waals surface area contributed by atoms with Crippen LogP contribution in [0.4, 0.5) is 11.4 Å². The third-order valence-corrected chi connectivity index (χ3v) is 4.46. The van der Waals surface area contributed by atoms with Gasteiger partial charge in [0.25, 0.3) is 11.6 Å². The molecule has 3 rings (SSSR count). The molecule has 9 nitrogen and oxygen atoms in total. The molecule has 0 spiro atoms. The molecular weight excluding hydrogens is 438 g/mol. The van der Waals surface area contributed by atoms with Gasteiger partial charge >= 0.3 is 5.97 Å². The van der Waals surface area contributed by atoms with Crippen LogP contribution in [0.15, 0.2) is 78.4 Å². The Morgan fingerprint density at radius 2 is 1.79 bits per heavy atom. The smallest absolute Gasteiger partial charge is 0.343 e. The van der Waals surface area contributed by atoms with E-state index < -0.39 is 16.8 Å². The first kappa shape index (κ1) is 23.7. The number of ether oxygens (including phenoxy) is 2. The number of nitriles is 1. The lowest BCUT2D eigenvalue weighted by Crippen LogP contribution is -2.13. The summed E-state index contributed by atoms with van der Waals surface area (Å²) in [5.41, 5.74) is 0.713. The maximum atomic E-state index is 12.5. The van der Waals surface area contributed by atoms with Gasteiger partial charge in [-0.15, -0.1) is 0 Å². The lowest BCUT2D eigenvalue weighted by Gasteiger charge is -2.08. The van der Waals surface area contributed by atoms with Crippen LogP contribution in [-0.2, 0) is 4.79 Å². The standard InChI is InChI=1S/C25H19N3O6/c1-2-33-23-8-4-6-20(15-23)27-24(29)19(16-26)13-17-9-11-22(12-10-17)34-25(30)18-5-3-7-21(14-18)28(31)32/h3-15H,2H2,1H3,(H,27,29)/b19-13+. The molecule has 0 saturated carbocycles. The summed E-state index contributed by atoms with van der Waals surface area (Å²) in [7, 11) is 0. The zero-order chi connectivity index (χ0) is 24.5. The molecule has 0 saturated heterocycles. The van der Waals surface area contributed by atoms with Crippen molar-refractivity contribution in [1.82, 2.24) is 0 Å². The zero-order valence-corrected chi connectivity index (χ0v) is 18.1. The molecule has 0 aliphatic carbocycles. The number of hydrogen-bond acceptors (Lipinski definition) is 7. The van der Waals surface area contributed by atoms with Gasteiger partial charge in [-0.05, 0) is 48.9 Å². The number of rotatable bonds is 8. The van der Waals surface area contributed by atoms with E-state index in [9.17, 15) is 25.0 Å². The molecule has 9 heteroatoms. The fourth-order valence-corrected chi connectivity index (χ4v) is 2.89. The largest absolute Gasteiger partial charge is 0.494 e. The number of esters is 1. The third kappa shape index (κ3) is 6.27. The molecule has 0 fully saturated rings. The average molecular weight is 457 g/mol. The Balaban J connectivity index is 1.68. The summed E-state index contributed by atoms with van der Waals surface area (Å²) in [5, 5.41) is 22.9. The minimum atomic E-state index is -0.752. The number of nitrogens with one attached hydrogen (secondary N) is 1. The Hall–Kier alpha value is -4.97. The highest BCUT2D eigenvalue weighted by Gasteiger charge is 2.14. The zero-order valence-electron chi connectivity index (χ0n) is 18.1. The van der Waals surface area contributed by atoms with E-state index in [2.05, 4.69) is 5.32 Å². The van der Waals surface area contributed by atoms with Crippen molar-refractivity contribution in [3.05, 3.63) is 99.6 Å². The van der Waals surface area contributed by atoms with Crippen molar-refractivity contribution in [2.45, 2.75) is 6.92 Å². The van der Waals surface area contributed by atoms with Crippen molar-refractivity contribution >= 4 is 29.3 Å². The first-order chi connectivity index (χ1) is 16.4. The number of anilines is 1. The maximum absolute atomic E-state index is 12.5. The van der Waals surface area contributed by atoms with Crippen LogP contribution in [0.1, 0.15) is 22.8 Å². The van der Waals surface area contributed by atoms with E-state index in [1.54, 1.807) is 36.4 Å². The Morgan fingerprint density at radius 3 is 2.47 bits per heavy atom. The predicted octanol–water partition coefficient (Wildman–Crippen LogP) is 4.76. The summed E-state index contributed by atoms with van der Waals surface area (Å²) in [6, 6.07) is 20.0. The fourth-order valence-electron chi connectivity index (χ4n) is 2.89.